The van der Waals surface area contributed by atoms with Crippen LogP contribution in [0.2, 0.25) is 0 Å². The van der Waals surface area contributed by atoms with E-state index in [1.807, 2.05) is 30.3 Å². The number of halogens is 1. The highest BCUT2D eigenvalue weighted by Gasteiger charge is 2.46. The van der Waals surface area contributed by atoms with Crippen molar-refractivity contribution in [3.8, 4) is 0 Å². The zero-order valence-electron chi connectivity index (χ0n) is 16.2. The summed E-state index contributed by atoms with van der Waals surface area (Å²) in [6.07, 6.45) is 5.85. The lowest BCUT2D eigenvalue weighted by molar-refractivity contribution is -0.175. The maximum absolute atomic E-state index is 12.9. The third kappa shape index (κ3) is 5.70. The molecule has 4 nitrogen and oxygen atoms in total. The zero-order valence-corrected chi connectivity index (χ0v) is 17.0. The smallest absolute Gasteiger partial charge is 0.343 e. The van der Waals surface area contributed by atoms with E-state index in [0.29, 0.717) is 12.2 Å². The number of hydrogen-bond acceptors (Lipinski definition) is 4. The van der Waals surface area contributed by atoms with Crippen LogP contribution < -0.4 is 0 Å². The van der Waals surface area contributed by atoms with Crippen molar-refractivity contribution < 1.29 is 14.6 Å². The molecule has 26 heavy (non-hydrogen) atoms. The highest BCUT2D eigenvalue weighted by molar-refractivity contribution is 5.85. The molecular weight excluding hydrogens is 350 g/mol. The first kappa shape index (κ1) is 22.9. The summed E-state index contributed by atoms with van der Waals surface area (Å²) in [5, 5.41) is 11.4. The van der Waals surface area contributed by atoms with Gasteiger partial charge in [0.05, 0.1) is 6.61 Å². The monoisotopic (exact) mass is 383 g/mol. The van der Waals surface area contributed by atoms with Gasteiger partial charge in [0.25, 0.3) is 0 Å². The van der Waals surface area contributed by atoms with Gasteiger partial charge in [-0.05, 0) is 37.9 Å². The van der Waals surface area contributed by atoms with Crippen molar-refractivity contribution >= 4 is 18.4 Å². The number of carbonyl (C=O) groups excluding carboxylic acids is 1. The van der Waals surface area contributed by atoms with E-state index in [1.165, 1.54) is 6.42 Å². The molecule has 0 amide bonds. The molecule has 148 valence electrons. The minimum absolute atomic E-state index is 0. The third-order valence-corrected chi connectivity index (χ3v) is 5.47. The average Bonchev–Trinajstić information content (AvgIpc) is 2.68. The number of benzene rings is 1. The van der Waals surface area contributed by atoms with Crippen LogP contribution in [0.3, 0.4) is 0 Å². The topological polar surface area (TPSA) is 49.8 Å². The Hall–Kier alpha value is -1.10. The van der Waals surface area contributed by atoms with Crippen LogP contribution >= 0.6 is 12.4 Å². The van der Waals surface area contributed by atoms with Crippen LogP contribution in [0.5, 0.6) is 0 Å². The SMILES string of the molecule is CCN(CC)CCCOC(=O)C(O)(c1ccccc1)C1CCCCC1.Cl. The van der Waals surface area contributed by atoms with Gasteiger partial charge in [0, 0.05) is 12.5 Å². The number of carbonyl (C=O) groups is 1. The normalized spacial score (nSPS) is 17.4. The molecule has 1 fully saturated rings. The van der Waals surface area contributed by atoms with Crippen LogP contribution in [0, 0.1) is 5.92 Å². The second-order valence-corrected chi connectivity index (χ2v) is 6.98. The summed E-state index contributed by atoms with van der Waals surface area (Å²) in [5.41, 5.74) is -0.854. The molecule has 2 rings (SSSR count). The quantitative estimate of drug-likeness (QED) is 0.514. The van der Waals surface area contributed by atoms with Gasteiger partial charge in [0.15, 0.2) is 5.60 Å². The first-order chi connectivity index (χ1) is 12.1. The van der Waals surface area contributed by atoms with Crippen LogP contribution in [0.1, 0.15) is 57.9 Å². The predicted octanol–water partition coefficient (Wildman–Crippen LogP) is 4.15. The largest absolute Gasteiger partial charge is 0.463 e. The van der Waals surface area contributed by atoms with Crippen molar-refractivity contribution in [2.75, 3.05) is 26.2 Å². The molecule has 0 spiro atoms. The summed E-state index contributed by atoms with van der Waals surface area (Å²) in [6, 6.07) is 9.32. The molecule has 0 heterocycles. The first-order valence-corrected chi connectivity index (χ1v) is 9.80. The average molecular weight is 384 g/mol. The Morgan fingerprint density at radius 1 is 1.15 bits per heavy atom. The van der Waals surface area contributed by atoms with E-state index >= 15 is 0 Å². The van der Waals surface area contributed by atoms with Gasteiger partial charge in [0.1, 0.15) is 0 Å². The van der Waals surface area contributed by atoms with Gasteiger partial charge in [-0.1, -0.05) is 63.4 Å². The van der Waals surface area contributed by atoms with Crippen molar-refractivity contribution in [3.05, 3.63) is 35.9 Å². The number of aliphatic hydroxyl groups is 1. The molecule has 0 radical (unpaired) electrons. The predicted molar refractivity (Wildman–Crippen MR) is 108 cm³/mol. The molecular formula is C21H34ClNO3. The molecule has 0 saturated heterocycles. The van der Waals surface area contributed by atoms with Crippen molar-refractivity contribution in [2.45, 2.75) is 58.0 Å². The van der Waals surface area contributed by atoms with Gasteiger partial charge in [-0.2, -0.15) is 0 Å². The van der Waals surface area contributed by atoms with E-state index in [2.05, 4.69) is 18.7 Å². The minimum atomic E-state index is -1.52. The Morgan fingerprint density at radius 2 is 1.77 bits per heavy atom. The van der Waals surface area contributed by atoms with Crippen molar-refractivity contribution in [1.82, 2.24) is 4.90 Å². The van der Waals surface area contributed by atoms with Gasteiger partial charge in [-0.15, -0.1) is 12.4 Å². The Morgan fingerprint density at radius 3 is 2.35 bits per heavy atom. The Balaban J connectivity index is 0.00000338. The van der Waals surface area contributed by atoms with Crippen molar-refractivity contribution in [1.29, 1.82) is 0 Å². The number of hydrogen-bond donors (Lipinski definition) is 1. The molecule has 1 unspecified atom stereocenters. The standard InChI is InChI=1S/C21H33NO3.ClH/c1-3-22(4-2)16-11-17-25-20(23)21(24,18-12-7-5-8-13-18)19-14-9-6-10-15-19;/h5,7-8,12-13,19,24H,3-4,6,9-11,14-17H2,1-2H3;1H. The fourth-order valence-corrected chi connectivity index (χ4v) is 3.84. The molecule has 0 bridgehead atoms. The Labute approximate surface area is 164 Å². The summed E-state index contributed by atoms with van der Waals surface area (Å²) in [4.78, 5) is 15.2. The lowest BCUT2D eigenvalue weighted by atomic mass is 9.73. The van der Waals surface area contributed by atoms with Gasteiger partial charge in [-0.3, -0.25) is 0 Å². The fourth-order valence-electron chi connectivity index (χ4n) is 3.84. The highest BCUT2D eigenvalue weighted by atomic mass is 35.5. The van der Waals surface area contributed by atoms with E-state index in [9.17, 15) is 9.90 Å². The van der Waals surface area contributed by atoms with E-state index in [1.54, 1.807) is 0 Å². The Kier molecular flexibility index (Phi) is 10.2. The molecule has 1 aromatic rings. The first-order valence-electron chi connectivity index (χ1n) is 9.80. The molecule has 0 aliphatic heterocycles. The number of esters is 1. The maximum Gasteiger partial charge on any atom is 0.343 e. The van der Waals surface area contributed by atoms with Gasteiger partial charge in [0.2, 0.25) is 0 Å². The number of ether oxygens (including phenoxy) is 1. The third-order valence-electron chi connectivity index (χ3n) is 5.47. The second-order valence-electron chi connectivity index (χ2n) is 6.98. The molecule has 1 aliphatic rings. The van der Waals surface area contributed by atoms with Crippen LogP contribution in [-0.4, -0.2) is 42.2 Å². The summed E-state index contributed by atoms with van der Waals surface area (Å²) in [7, 11) is 0. The summed E-state index contributed by atoms with van der Waals surface area (Å²) in [5.74, 6) is -0.538. The molecule has 0 aromatic heterocycles. The number of rotatable bonds is 9. The lowest BCUT2D eigenvalue weighted by Crippen LogP contribution is -2.45. The number of nitrogens with zero attached hydrogens (tertiary/aromatic N) is 1. The van der Waals surface area contributed by atoms with Crippen molar-refractivity contribution in [2.24, 2.45) is 5.92 Å². The molecule has 1 atom stereocenters. The van der Waals surface area contributed by atoms with E-state index in [4.69, 9.17) is 4.74 Å². The van der Waals surface area contributed by atoms with E-state index in [0.717, 1.165) is 51.7 Å². The second kappa shape index (κ2) is 11.6. The lowest BCUT2D eigenvalue weighted by Gasteiger charge is -2.36. The molecule has 1 aromatic carbocycles. The summed E-state index contributed by atoms with van der Waals surface area (Å²) >= 11 is 0. The minimum Gasteiger partial charge on any atom is -0.463 e. The van der Waals surface area contributed by atoms with Gasteiger partial charge in [-0.25, -0.2) is 4.79 Å². The van der Waals surface area contributed by atoms with Crippen LogP contribution in [0.15, 0.2) is 30.3 Å². The highest BCUT2D eigenvalue weighted by Crippen LogP contribution is 2.40. The van der Waals surface area contributed by atoms with Crippen LogP contribution in [0.25, 0.3) is 0 Å². The van der Waals surface area contributed by atoms with Gasteiger partial charge >= 0.3 is 5.97 Å². The van der Waals surface area contributed by atoms with E-state index < -0.39 is 11.6 Å². The van der Waals surface area contributed by atoms with Crippen LogP contribution in [0.4, 0.5) is 0 Å². The zero-order chi connectivity index (χ0) is 18.1. The molecule has 5 heteroatoms. The maximum atomic E-state index is 12.9. The summed E-state index contributed by atoms with van der Waals surface area (Å²) in [6.45, 7) is 7.53. The van der Waals surface area contributed by atoms with Gasteiger partial charge < -0.3 is 14.7 Å². The summed E-state index contributed by atoms with van der Waals surface area (Å²) < 4.78 is 5.54. The van der Waals surface area contributed by atoms with E-state index in [-0.39, 0.29) is 18.3 Å². The Bertz CT molecular complexity index is 515. The van der Waals surface area contributed by atoms with Crippen LogP contribution in [-0.2, 0) is 15.1 Å². The fraction of sp³-hybridized carbons (Fsp3) is 0.667. The molecule has 1 aliphatic carbocycles. The molecule has 1 saturated carbocycles. The molecule has 1 N–H and O–H groups in total. The van der Waals surface area contributed by atoms with Crippen molar-refractivity contribution in [3.63, 3.8) is 0 Å².